The third kappa shape index (κ3) is 4.04. The number of esters is 1. The van der Waals surface area contributed by atoms with Gasteiger partial charge in [-0.15, -0.1) is 11.3 Å². The predicted octanol–water partition coefficient (Wildman–Crippen LogP) is 5.01. The fourth-order valence-electron chi connectivity index (χ4n) is 2.06. The van der Waals surface area contributed by atoms with E-state index in [1.54, 1.807) is 24.3 Å². The van der Waals surface area contributed by atoms with E-state index in [1.165, 1.54) is 35.6 Å². The first-order valence-corrected chi connectivity index (χ1v) is 8.41. The summed E-state index contributed by atoms with van der Waals surface area (Å²) in [5, 5.41) is 4.51. The molecule has 126 valence electrons. The highest BCUT2D eigenvalue weighted by atomic mass is 35.5. The molecule has 3 rings (SSSR count). The van der Waals surface area contributed by atoms with Gasteiger partial charge in [0.15, 0.2) is 0 Å². The first kappa shape index (κ1) is 17.1. The van der Waals surface area contributed by atoms with E-state index in [0.29, 0.717) is 10.6 Å². The number of nitrogens with one attached hydrogen (secondary N) is 1. The van der Waals surface area contributed by atoms with Gasteiger partial charge in [-0.1, -0.05) is 23.7 Å². The Morgan fingerprint density at radius 1 is 1.04 bits per heavy atom. The summed E-state index contributed by atoms with van der Waals surface area (Å²) in [4.78, 5) is 24.6. The molecule has 0 bridgehead atoms. The molecule has 0 spiro atoms. The number of hydrogen-bond donors (Lipinski definition) is 1. The summed E-state index contributed by atoms with van der Waals surface area (Å²) in [6, 6.07) is 13.6. The fourth-order valence-corrected chi connectivity index (χ4v) is 2.92. The van der Waals surface area contributed by atoms with Gasteiger partial charge in [0.2, 0.25) is 0 Å². The molecule has 0 atom stereocenters. The Kier molecular flexibility index (Phi) is 5.11. The third-order valence-corrected chi connectivity index (χ3v) is 4.42. The van der Waals surface area contributed by atoms with Gasteiger partial charge in [0.05, 0.1) is 9.90 Å². The summed E-state index contributed by atoms with van der Waals surface area (Å²) in [5.41, 5.74) is 0.223. The molecule has 0 aliphatic carbocycles. The Labute approximate surface area is 151 Å². The first-order chi connectivity index (χ1) is 12.0. The van der Waals surface area contributed by atoms with E-state index >= 15 is 0 Å². The van der Waals surface area contributed by atoms with Crippen molar-refractivity contribution in [3.63, 3.8) is 0 Å². The molecule has 0 saturated heterocycles. The van der Waals surface area contributed by atoms with E-state index in [0.717, 1.165) is 6.07 Å². The van der Waals surface area contributed by atoms with E-state index in [4.69, 9.17) is 16.3 Å². The van der Waals surface area contributed by atoms with Gasteiger partial charge in [-0.2, -0.15) is 0 Å². The topological polar surface area (TPSA) is 55.4 Å². The molecule has 0 aliphatic heterocycles. The van der Waals surface area contributed by atoms with Crippen molar-refractivity contribution in [3.8, 4) is 5.75 Å². The van der Waals surface area contributed by atoms with Crippen molar-refractivity contribution in [3.05, 3.63) is 81.3 Å². The minimum Gasteiger partial charge on any atom is -0.423 e. The smallest absolute Gasteiger partial charge is 0.348 e. The number of halogens is 2. The summed E-state index contributed by atoms with van der Waals surface area (Å²) >= 11 is 7.17. The lowest BCUT2D eigenvalue weighted by atomic mass is 10.2. The van der Waals surface area contributed by atoms with Gasteiger partial charge in [-0.05, 0) is 47.8 Å². The van der Waals surface area contributed by atoms with Crippen molar-refractivity contribution in [2.45, 2.75) is 0 Å². The molecule has 1 N–H and O–H groups in total. The summed E-state index contributed by atoms with van der Waals surface area (Å²) in [5.74, 6) is -1.66. The Bertz CT molecular complexity index is 890. The van der Waals surface area contributed by atoms with Crippen LogP contribution < -0.4 is 10.1 Å². The molecule has 25 heavy (non-hydrogen) atoms. The standard InChI is InChI=1S/C18H11ClFNO3S/c19-13-3-1-4-14(20)16(13)18(23)24-12-8-6-11(7-9-12)21-17(22)15-5-2-10-25-15/h1-10H,(H,21,22). The van der Waals surface area contributed by atoms with Crippen molar-refractivity contribution in [2.24, 2.45) is 0 Å². The van der Waals surface area contributed by atoms with Gasteiger partial charge in [0.1, 0.15) is 17.1 Å². The van der Waals surface area contributed by atoms with Crippen molar-refractivity contribution >= 4 is 40.5 Å². The van der Waals surface area contributed by atoms with Gasteiger partial charge in [0, 0.05) is 5.69 Å². The zero-order valence-electron chi connectivity index (χ0n) is 12.7. The number of rotatable bonds is 4. The van der Waals surface area contributed by atoms with E-state index in [1.807, 2.05) is 5.38 Å². The average molecular weight is 376 g/mol. The monoisotopic (exact) mass is 375 g/mol. The van der Waals surface area contributed by atoms with Crippen molar-refractivity contribution < 1.29 is 18.7 Å². The minimum atomic E-state index is -0.890. The molecule has 1 amide bonds. The molecule has 0 aliphatic rings. The van der Waals surface area contributed by atoms with Gasteiger partial charge in [-0.25, -0.2) is 9.18 Å². The van der Waals surface area contributed by atoms with Crippen LogP contribution in [0, 0.1) is 5.82 Å². The number of anilines is 1. The zero-order chi connectivity index (χ0) is 17.8. The second-order valence-electron chi connectivity index (χ2n) is 4.94. The third-order valence-electron chi connectivity index (χ3n) is 3.23. The lowest BCUT2D eigenvalue weighted by Crippen LogP contribution is -2.12. The second-order valence-corrected chi connectivity index (χ2v) is 6.30. The molecular formula is C18H11ClFNO3S. The predicted molar refractivity (Wildman–Crippen MR) is 95.1 cm³/mol. The van der Waals surface area contributed by atoms with E-state index in [2.05, 4.69) is 5.32 Å². The average Bonchev–Trinajstić information content (AvgIpc) is 3.11. The molecule has 1 aromatic heterocycles. The highest BCUT2D eigenvalue weighted by molar-refractivity contribution is 7.12. The van der Waals surface area contributed by atoms with Crippen LogP contribution in [0.15, 0.2) is 60.0 Å². The lowest BCUT2D eigenvalue weighted by Gasteiger charge is -2.08. The van der Waals surface area contributed by atoms with E-state index in [9.17, 15) is 14.0 Å². The summed E-state index contributed by atoms with van der Waals surface area (Å²) < 4.78 is 18.8. The van der Waals surface area contributed by atoms with Crippen LogP contribution in [0.1, 0.15) is 20.0 Å². The van der Waals surface area contributed by atoms with Crippen LogP contribution in [0.5, 0.6) is 5.75 Å². The lowest BCUT2D eigenvalue weighted by molar-refractivity contribution is 0.0730. The Morgan fingerprint density at radius 2 is 1.80 bits per heavy atom. The summed E-state index contributed by atoms with van der Waals surface area (Å²) in [7, 11) is 0. The minimum absolute atomic E-state index is 0.0233. The maximum absolute atomic E-state index is 13.7. The van der Waals surface area contributed by atoms with Crippen LogP contribution in [0.2, 0.25) is 5.02 Å². The SMILES string of the molecule is O=C(Nc1ccc(OC(=O)c2c(F)cccc2Cl)cc1)c1cccs1. The van der Waals surface area contributed by atoms with Crippen LogP contribution in [0.3, 0.4) is 0 Å². The van der Waals surface area contributed by atoms with Crippen molar-refractivity contribution in [1.29, 1.82) is 0 Å². The van der Waals surface area contributed by atoms with Crippen LogP contribution in [0.25, 0.3) is 0 Å². The van der Waals surface area contributed by atoms with Crippen LogP contribution in [0.4, 0.5) is 10.1 Å². The molecule has 7 heteroatoms. The summed E-state index contributed by atoms with van der Waals surface area (Å²) in [6.07, 6.45) is 0. The van der Waals surface area contributed by atoms with Crippen LogP contribution >= 0.6 is 22.9 Å². The van der Waals surface area contributed by atoms with Gasteiger partial charge in [0.25, 0.3) is 5.91 Å². The Hall–Kier alpha value is -2.70. The number of benzene rings is 2. The highest BCUT2D eigenvalue weighted by Gasteiger charge is 2.18. The first-order valence-electron chi connectivity index (χ1n) is 7.16. The van der Waals surface area contributed by atoms with E-state index in [-0.39, 0.29) is 22.2 Å². The number of hydrogen-bond acceptors (Lipinski definition) is 4. The number of ether oxygens (including phenoxy) is 1. The number of carbonyl (C=O) groups is 2. The quantitative estimate of drug-likeness (QED) is 0.515. The zero-order valence-corrected chi connectivity index (χ0v) is 14.2. The second kappa shape index (κ2) is 7.46. The molecule has 0 saturated carbocycles. The van der Waals surface area contributed by atoms with E-state index < -0.39 is 11.8 Å². The number of amides is 1. The largest absolute Gasteiger partial charge is 0.423 e. The fraction of sp³-hybridized carbons (Fsp3) is 0. The highest BCUT2D eigenvalue weighted by Crippen LogP contribution is 2.23. The van der Waals surface area contributed by atoms with Gasteiger partial charge >= 0.3 is 5.97 Å². The van der Waals surface area contributed by atoms with Crippen molar-refractivity contribution in [1.82, 2.24) is 0 Å². The van der Waals surface area contributed by atoms with Crippen molar-refractivity contribution in [2.75, 3.05) is 5.32 Å². The van der Waals surface area contributed by atoms with Crippen LogP contribution in [-0.2, 0) is 0 Å². The molecule has 2 aromatic carbocycles. The molecule has 4 nitrogen and oxygen atoms in total. The molecule has 3 aromatic rings. The Morgan fingerprint density at radius 3 is 2.44 bits per heavy atom. The normalized spacial score (nSPS) is 10.3. The molecule has 0 radical (unpaired) electrons. The maximum atomic E-state index is 13.7. The van der Waals surface area contributed by atoms with Gasteiger partial charge in [-0.3, -0.25) is 4.79 Å². The molecule has 0 fully saturated rings. The number of thiophene rings is 1. The molecule has 0 unspecified atom stereocenters. The number of carbonyl (C=O) groups excluding carboxylic acids is 2. The van der Waals surface area contributed by atoms with Gasteiger partial charge < -0.3 is 10.1 Å². The maximum Gasteiger partial charge on any atom is 0.348 e. The summed E-state index contributed by atoms with van der Waals surface area (Å²) in [6.45, 7) is 0. The molecule has 1 heterocycles. The Balaban J connectivity index is 1.68. The van der Waals surface area contributed by atoms with Crippen LogP contribution in [-0.4, -0.2) is 11.9 Å². The molecular weight excluding hydrogens is 365 g/mol.